The zero-order valence-electron chi connectivity index (χ0n) is 62.7. The van der Waals surface area contributed by atoms with E-state index in [0.29, 0.717) is 0 Å². The van der Waals surface area contributed by atoms with Crippen LogP contribution in [0.4, 0.5) is 34.1 Å². The molecule has 4 heterocycles. The standard InChI is InChI=1S/C106H76N4OS/c1-105(2)93-27-15-12-24-85(93)86-54-52-83(65-95(86)105)107(79-44-33-67(34-45-79)71-42-57-99-91(60-71)88-25-13-16-28-97(88)109(99)77-20-7-5-8-21-77)81-48-37-69(38-49-81)101-63-75-32-31-74(62-102(75)111-101)73-41-56-94-90(59-73)87-55-53-84(66-96(87)106(94,3)4)108(82-50-39-70(40-51-82)104-64-76-19-11-18-30-103(76)112-104)80-46-35-68(36-47-80)72-43-58-100-92(61-72)89-26-14-17-29-98(89)110(100)78-22-9-6-10-23-78/h5-14,16-26,28-66H,15,27H2,1-4H3. The Hall–Kier alpha value is -13.5. The fourth-order valence-electron chi connectivity index (χ4n) is 18.8. The third-order valence-corrected chi connectivity index (χ3v) is 25.6. The van der Waals surface area contributed by atoms with Crippen molar-refractivity contribution in [1.82, 2.24) is 9.13 Å². The van der Waals surface area contributed by atoms with Gasteiger partial charge in [0.05, 0.1) is 22.1 Å². The second-order valence-electron chi connectivity index (χ2n) is 31.5. The smallest absolute Gasteiger partial charge is 0.135 e. The highest BCUT2D eigenvalue weighted by atomic mass is 32.1. The zero-order chi connectivity index (χ0) is 74.5. The summed E-state index contributed by atoms with van der Waals surface area (Å²) in [6, 6.07) is 130. The first-order chi connectivity index (χ1) is 55.0. The molecule has 0 saturated carbocycles. The molecule has 0 aliphatic heterocycles. The average molecular weight is 1450 g/mol. The first-order valence-corrected chi connectivity index (χ1v) is 39.9. The third kappa shape index (κ3) is 10.6. The summed E-state index contributed by atoms with van der Waals surface area (Å²) in [5.41, 5.74) is 34.2. The summed E-state index contributed by atoms with van der Waals surface area (Å²) in [5, 5.41) is 7.31. The quantitative estimate of drug-likeness (QED) is 0.115. The zero-order valence-corrected chi connectivity index (χ0v) is 63.5. The SMILES string of the molecule is CC1(C)C2=C(C=CCC2)c2ccc(N(c3ccc(-c4ccc5c(c4)c4ccccc4n5-c4ccccc4)cc3)c3ccc(-c4cc5ccc(-c6ccc7c(c6)-c6ccc(N(c8ccc(-c9ccc%10c(c9)c9ccccc9n%10-c9ccccc9)cc8)c8ccc(-c9cc%10ccccc%10s9)cc8)cc6C7(C)C)cc5o4)cc3)cc21. The lowest BCUT2D eigenvalue weighted by atomic mass is 9.78. The maximum absolute atomic E-state index is 6.91. The summed E-state index contributed by atoms with van der Waals surface area (Å²) in [5.74, 6) is 0.835. The van der Waals surface area contributed by atoms with Gasteiger partial charge < -0.3 is 23.4 Å². The Labute approximate surface area is 655 Å². The number of aromatic nitrogens is 2. The summed E-state index contributed by atoms with van der Waals surface area (Å²) in [6.07, 6.45) is 6.88. The minimum absolute atomic E-state index is 0.0772. The number of nitrogens with zero attached hydrogens (tertiary/aromatic N) is 4. The van der Waals surface area contributed by atoms with Crippen molar-refractivity contribution in [2.45, 2.75) is 51.4 Å². The van der Waals surface area contributed by atoms with Gasteiger partial charge in [-0.2, -0.15) is 0 Å². The predicted octanol–water partition coefficient (Wildman–Crippen LogP) is 29.8. The average Bonchev–Trinajstić information content (AvgIpc) is 1.60. The lowest BCUT2D eigenvalue weighted by Gasteiger charge is -2.29. The largest absolute Gasteiger partial charge is 0.456 e. The highest BCUT2D eigenvalue weighted by Gasteiger charge is 2.39. The van der Waals surface area contributed by atoms with E-state index in [0.717, 1.165) is 91.8 Å². The van der Waals surface area contributed by atoms with E-state index in [1.54, 1.807) is 5.57 Å². The second-order valence-corrected chi connectivity index (χ2v) is 32.6. The van der Waals surface area contributed by atoms with E-state index in [9.17, 15) is 0 Å². The minimum atomic E-state index is -0.268. The van der Waals surface area contributed by atoms with Gasteiger partial charge in [0.25, 0.3) is 0 Å². The fraction of sp³-hybridized carbons (Fsp3) is 0.0755. The van der Waals surface area contributed by atoms with Gasteiger partial charge in [-0.15, -0.1) is 11.3 Å². The van der Waals surface area contributed by atoms with Crippen molar-refractivity contribution in [3.05, 3.63) is 392 Å². The van der Waals surface area contributed by atoms with Crippen LogP contribution in [-0.2, 0) is 10.8 Å². The molecule has 15 aromatic carbocycles. The Bertz CT molecular complexity index is 7050. The molecular formula is C106H76N4OS. The highest BCUT2D eigenvalue weighted by Crippen LogP contribution is 2.55. The molecule has 0 radical (unpaired) electrons. The van der Waals surface area contributed by atoms with Crippen molar-refractivity contribution in [2.24, 2.45) is 0 Å². The number of furan rings is 1. The van der Waals surface area contributed by atoms with Gasteiger partial charge in [0.2, 0.25) is 0 Å². The molecule has 0 N–H and O–H groups in total. The Morgan fingerprint density at radius 3 is 1.38 bits per heavy atom. The Kier molecular flexibility index (Phi) is 14.9. The van der Waals surface area contributed by atoms with E-state index in [1.807, 2.05) is 11.3 Å². The van der Waals surface area contributed by atoms with Crippen LogP contribution in [0.3, 0.4) is 0 Å². The van der Waals surface area contributed by atoms with Crippen LogP contribution in [0.1, 0.15) is 62.8 Å². The number of hydrogen-bond donors (Lipinski definition) is 0. The molecule has 4 aromatic heterocycles. The molecule has 0 spiro atoms. The van der Waals surface area contributed by atoms with Gasteiger partial charge in [-0.1, -0.05) is 221 Å². The molecule has 3 aliphatic rings. The Morgan fingerprint density at radius 2 is 0.786 bits per heavy atom. The first-order valence-electron chi connectivity index (χ1n) is 39.1. The molecule has 0 fully saturated rings. The van der Waals surface area contributed by atoms with E-state index >= 15 is 0 Å². The summed E-state index contributed by atoms with van der Waals surface area (Å²) >= 11 is 1.85. The summed E-state index contributed by atoms with van der Waals surface area (Å²) < 4.78 is 13.0. The van der Waals surface area contributed by atoms with Crippen LogP contribution in [0, 0.1) is 0 Å². The van der Waals surface area contributed by atoms with Crippen LogP contribution in [-0.4, -0.2) is 9.13 Å². The van der Waals surface area contributed by atoms with Crippen LogP contribution in [0.2, 0.25) is 0 Å². The number of anilines is 6. The summed E-state index contributed by atoms with van der Waals surface area (Å²) in [6.45, 7) is 9.59. The molecule has 112 heavy (non-hydrogen) atoms. The molecule has 6 heteroatoms. The first kappa shape index (κ1) is 65.6. The maximum atomic E-state index is 6.91. The summed E-state index contributed by atoms with van der Waals surface area (Å²) in [7, 11) is 0. The van der Waals surface area contributed by atoms with Crippen molar-refractivity contribution < 1.29 is 4.42 Å². The van der Waals surface area contributed by atoms with Gasteiger partial charge in [-0.25, -0.2) is 0 Å². The minimum Gasteiger partial charge on any atom is -0.456 e. The molecule has 0 amide bonds. The van der Waals surface area contributed by atoms with Gasteiger partial charge in [0, 0.05) is 98.4 Å². The topological polar surface area (TPSA) is 29.5 Å². The van der Waals surface area contributed by atoms with Crippen molar-refractivity contribution in [3.63, 3.8) is 0 Å². The van der Waals surface area contributed by atoms with Gasteiger partial charge in [-0.05, 0) is 272 Å². The van der Waals surface area contributed by atoms with Crippen LogP contribution in [0.5, 0.6) is 0 Å². The second kappa shape index (κ2) is 25.5. The van der Waals surface area contributed by atoms with Crippen LogP contribution in [0.25, 0.3) is 148 Å². The van der Waals surface area contributed by atoms with Gasteiger partial charge in [-0.3, -0.25) is 0 Å². The van der Waals surface area contributed by atoms with Crippen LogP contribution < -0.4 is 9.80 Å². The van der Waals surface area contributed by atoms with Gasteiger partial charge in [0.1, 0.15) is 11.3 Å². The number of rotatable bonds is 13. The molecule has 0 bridgehead atoms. The van der Waals surface area contributed by atoms with E-state index in [1.165, 1.54) is 125 Å². The van der Waals surface area contributed by atoms with Crippen molar-refractivity contribution in [3.8, 4) is 77.6 Å². The van der Waals surface area contributed by atoms with Crippen molar-refractivity contribution >= 4 is 116 Å². The number of hydrogen-bond acceptors (Lipinski definition) is 4. The number of fused-ring (bicyclic) bond motifs is 13. The number of para-hydroxylation sites is 4. The third-order valence-electron chi connectivity index (χ3n) is 24.5. The monoisotopic (exact) mass is 1450 g/mol. The van der Waals surface area contributed by atoms with Crippen LogP contribution in [0.15, 0.2) is 374 Å². The molecule has 22 rings (SSSR count). The van der Waals surface area contributed by atoms with Crippen molar-refractivity contribution in [1.29, 1.82) is 0 Å². The van der Waals surface area contributed by atoms with E-state index in [-0.39, 0.29) is 10.8 Å². The molecule has 532 valence electrons. The molecule has 19 aromatic rings. The van der Waals surface area contributed by atoms with E-state index in [2.05, 4.69) is 411 Å². The Balaban J connectivity index is 0.571. The predicted molar refractivity (Wildman–Crippen MR) is 473 cm³/mol. The lowest BCUT2D eigenvalue weighted by molar-refractivity contribution is 0.607. The molecule has 5 nitrogen and oxygen atoms in total. The molecule has 0 unspecified atom stereocenters. The number of benzene rings is 15. The Morgan fingerprint density at radius 1 is 0.321 bits per heavy atom. The normalized spacial score (nSPS) is 13.9. The van der Waals surface area contributed by atoms with Crippen molar-refractivity contribution in [2.75, 3.05) is 9.80 Å². The molecular weight excluding hydrogens is 1380 g/mol. The molecule has 0 saturated heterocycles. The lowest BCUT2D eigenvalue weighted by Crippen LogP contribution is -2.18. The fourth-order valence-corrected chi connectivity index (χ4v) is 19.8. The van der Waals surface area contributed by atoms with E-state index < -0.39 is 0 Å². The van der Waals surface area contributed by atoms with Gasteiger partial charge >= 0.3 is 0 Å². The highest BCUT2D eigenvalue weighted by molar-refractivity contribution is 7.22. The van der Waals surface area contributed by atoms with E-state index in [4.69, 9.17) is 4.42 Å². The van der Waals surface area contributed by atoms with Gasteiger partial charge in [0.15, 0.2) is 0 Å². The number of allylic oxidation sites excluding steroid dienone is 4. The maximum Gasteiger partial charge on any atom is 0.135 e. The summed E-state index contributed by atoms with van der Waals surface area (Å²) in [4.78, 5) is 6.12. The number of thiophene rings is 1. The molecule has 0 atom stereocenters. The van der Waals surface area contributed by atoms with Crippen LogP contribution >= 0.6 is 11.3 Å². The molecule has 3 aliphatic carbocycles.